The summed E-state index contributed by atoms with van der Waals surface area (Å²) in [6.07, 6.45) is 2.86. The fraction of sp³-hybridized carbons (Fsp3) is 0.500. The van der Waals surface area contributed by atoms with Crippen molar-refractivity contribution in [2.75, 3.05) is 34.2 Å². The maximum atomic E-state index is 7.01. The van der Waals surface area contributed by atoms with E-state index in [4.69, 9.17) is 4.74 Å². The lowest BCUT2D eigenvalue weighted by Crippen LogP contribution is -2.59. The van der Waals surface area contributed by atoms with Crippen molar-refractivity contribution in [1.82, 2.24) is 9.80 Å². The first-order chi connectivity index (χ1) is 13.1. The van der Waals surface area contributed by atoms with Crippen molar-refractivity contribution in [2.24, 2.45) is 11.8 Å². The van der Waals surface area contributed by atoms with Crippen LogP contribution in [0.25, 0.3) is 0 Å². The van der Waals surface area contributed by atoms with Crippen LogP contribution in [-0.2, 0) is 4.74 Å². The Balaban J connectivity index is 0.00000150. The Bertz CT molecular complexity index is 689. The third kappa shape index (κ3) is 5.34. The third-order valence-electron chi connectivity index (χ3n) is 6.44. The highest BCUT2D eigenvalue weighted by molar-refractivity contribution is 5.85. The Morgan fingerprint density at radius 2 is 1.41 bits per heavy atom. The number of hydrogen-bond acceptors (Lipinski definition) is 3. The number of piperidine rings is 1. The van der Waals surface area contributed by atoms with Gasteiger partial charge in [0.15, 0.2) is 0 Å². The van der Waals surface area contributed by atoms with Crippen LogP contribution in [0.3, 0.4) is 0 Å². The zero-order chi connectivity index (χ0) is 18.8. The summed E-state index contributed by atoms with van der Waals surface area (Å²) in [5.41, 5.74) is 2.50. The van der Waals surface area contributed by atoms with Gasteiger partial charge in [0.1, 0.15) is 6.10 Å². The summed E-state index contributed by atoms with van der Waals surface area (Å²) in [5.74, 6) is 1.19. The molecule has 0 aromatic heterocycles. The van der Waals surface area contributed by atoms with Crippen molar-refractivity contribution < 1.29 is 4.74 Å². The van der Waals surface area contributed by atoms with Crippen LogP contribution in [0.1, 0.15) is 30.1 Å². The number of nitrogens with zero attached hydrogens (tertiary/aromatic N) is 2. The molecule has 4 atom stereocenters. The molecule has 1 heterocycles. The van der Waals surface area contributed by atoms with E-state index in [1.165, 1.54) is 24.0 Å². The van der Waals surface area contributed by atoms with Gasteiger partial charge in [0.2, 0.25) is 0 Å². The van der Waals surface area contributed by atoms with Crippen LogP contribution >= 0.6 is 24.8 Å². The zero-order valence-electron chi connectivity index (χ0n) is 17.6. The van der Waals surface area contributed by atoms with E-state index in [9.17, 15) is 0 Å². The molecule has 2 fully saturated rings. The number of fused-ring (bicyclic) bond motifs is 2. The van der Waals surface area contributed by atoms with Crippen molar-refractivity contribution in [3.8, 4) is 0 Å². The van der Waals surface area contributed by atoms with Gasteiger partial charge in [-0.2, -0.15) is 0 Å². The molecule has 0 spiro atoms. The van der Waals surface area contributed by atoms with E-state index in [0.717, 1.165) is 13.1 Å². The first-order valence-corrected chi connectivity index (χ1v) is 10.2. The summed E-state index contributed by atoms with van der Waals surface area (Å²) in [4.78, 5) is 4.92. The van der Waals surface area contributed by atoms with E-state index in [2.05, 4.69) is 91.6 Å². The normalized spacial score (nSPS) is 26.7. The minimum absolute atomic E-state index is 0. The molecule has 2 bridgehead atoms. The van der Waals surface area contributed by atoms with E-state index in [0.29, 0.717) is 24.0 Å². The molecule has 0 N–H and O–H groups in total. The highest BCUT2D eigenvalue weighted by Crippen LogP contribution is 2.41. The molecule has 1 saturated heterocycles. The number of halogens is 2. The molecule has 2 aromatic carbocycles. The second kappa shape index (κ2) is 10.8. The van der Waals surface area contributed by atoms with Crippen molar-refractivity contribution in [1.29, 1.82) is 0 Å². The quantitative estimate of drug-likeness (QED) is 0.662. The topological polar surface area (TPSA) is 15.7 Å². The summed E-state index contributed by atoms with van der Waals surface area (Å²) in [6.45, 7) is 2.28. The minimum Gasteiger partial charge on any atom is -0.365 e. The van der Waals surface area contributed by atoms with Crippen LogP contribution in [0.2, 0.25) is 0 Å². The van der Waals surface area contributed by atoms with Crippen LogP contribution in [0.4, 0.5) is 0 Å². The fourth-order valence-electron chi connectivity index (χ4n) is 5.20. The number of hydrogen-bond donors (Lipinski definition) is 0. The Morgan fingerprint density at radius 1 is 0.862 bits per heavy atom. The number of benzene rings is 2. The second-order valence-corrected chi connectivity index (χ2v) is 8.56. The maximum Gasteiger partial charge on any atom is 0.108 e. The van der Waals surface area contributed by atoms with Crippen molar-refractivity contribution >= 4 is 24.8 Å². The molecule has 1 saturated carbocycles. The lowest BCUT2D eigenvalue weighted by Gasteiger charge is -2.52. The average molecular weight is 437 g/mol. The van der Waals surface area contributed by atoms with E-state index in [-0.39, 0.29) is 30.9 Å². The van der Waals surface area contributed by atoms with Gasteiger partial charge >= 0.3 is 0 Å². The van der Waals surface area contributed by atoms with Crippen LogP contribution in [0.5, 0.6) is 0 Å². The molecule has 4 rings (SSSR count). The molecule has 5 heteroatoms. The van der Waals surface area contributed by atoms with Gasteiger partial charge in [-0.1, -0.05) is 60.7 Å². The second-order valence-electron chi connectivity index (χ2n) is 8.56. The maximum absolute atomic E-state index is 7.01. The van der Waals surface area contributed by atoms with Gasteiger partial charge < -0.3 is 14.5 Å². The number of rotatable bonds is 5. The predicted molar refractivity (Wildman–Crippen MR) is 125 cm³/mol. The Morgan fingerprint density at radius 3 is 1.93 bits per heavy atom. The summed E-state index contributed by atoms with van der Waals surface area (Å²) >= 11 is 0. The predicted octanol–water partition coefficient (Wildman–Crippen LogP) is 4.91. The summed E-state index contributed by atoms with van der Waals surface area (Å²) in [7, 11) is 6.71. The molecule has 2 aliphatic rings. The molecule has 3 nitrogen and oxygen atoms in total. The van der Waals surface area contributed by atoms with E-state index >= 15 is 0 Å². The van der Waals surface area contributed by atoms with Gasteiger partial charge in [-0.05, 0) is 51.0 Å². The standard InChI is InChI=1S/C24H32N2O.2ClH/c1-25(2)22-15-14-20-16-26(3)17-21(22)24(20)27-23(18-10-6-4-7-11-18)19-12-8-5-9-13-19;;/h4-13,20-24H,14-17H2,1-3H3;2*1H/t20?,21?,22-,24-;;/m0../s1. The molecule has 1 aliphatic heterocycles. The monoisotopic (exact) mass is 436 g/mol. The van der Waals surface area contributed by atoms with Crippen molar-refractivity contribution in [2.45, 2.75) is 31.1 Å². The molecule has 2 unspecified atom stereocenters. The molecular formula is C24H34Cl2N2O. The van der Waals surface area contributed by atoms with Crippen molar-refractivity contribution in [3.05, 3.63) is 71.8 Å². The van der Waals surface area contributed by atoms with Gasteiger partial charge in [0.25, 0.3) is 0 Å². The molecule has 0 amide bonds. The van der Waals surface area contributed by atoms with Crippen LogP contribution < -0.4 is 0 Å². The Labute approximate surface area is 188 Å². The van der Waals surface area contributed by atoms with E-state index in [1.54, 1.807) is 0 Å². The van der Waals surface area contributed by atoms with Gasteiger partial charge in [-0.25, -0.2) is 0 Å². The van der Waals surface area contributed by atoms with Gasteiger partial charge in [-0.3, -0.25) is 0 Å². The van der Waals surface area contributed by atoms with Crippen molar-refractivity contribution in [3.63, 3.8) is 0 Å². The van der Waals surface area contributed by atoms with E-state index < -0.39 is 0 Å². The largest absolute Gasteiger partial charge is 0.365 e. The summed E-state index contributed by atoms with van der Waals surface area (Å²) < 4.78 is 7.01. The summed E-state index contributed by atoms with van der Waals surface area (Å²) in [6, 6.07) is 22.0. The lowest BCUT2D eigenvalue weighted by atomic mass is 9.71. The number of ether oxygens (including phenoxy) is 1. The van der Waals surface area contributed by atoms with Crippen LogP contribution in [-0.4, -0.2) is 56.2 Å². The molecule has 160 valence electrons. The molecule has 2 aromatic rings. The first-order valence-electron chi connectivity index (χ1n) is 10.2. The van der Waals surface area contributed by atoms with Crippen LogP contribution in [0, 0.1) is 11.8 Å². The molecule has 29 heavy (non-hydrogen) atoms. The van der Waals surface area contributed by atoms with E-state index in [1.807, 2.05) is 0 Å². The van der Waals surface area contributed by atoms with Gasteiger partial charge in [-0.15, -0.1) is 24.8 Å². The number of likely N-dealkylation sites (tertiary alicyclic amines) is 1. The zero-order valence-corrected chi connectivity index (χ0v) is 19.2. The Kier molecular flexibility index (Phi) is 8.99. The smallest absolute Gasteiger partial charge is 0.108 e. The highest BCUT2D eigenvalue weighted by atomic mass is 35.5. The first kappa shape index (κ1) is 24.2. The average Bonchev–Trinajstić information content (AvgIpc) is 2.67. The molecule has 0 radical (unpaired) electrons. The van der Waals surface area contributed by atoms with Crippen LogP contribution in [0.15, 0.2) is 60.7 Å². The molecular weight excluding hydrogens is 403 g/mol. The third-order valence-corrected chi connectivity index (χ3v) is 6.44. The molecule has 1 aliphatic carbocycles. The SMILES string of the molecule is CN1CC2CC[C@H](N(C)C)C(C1)[C@H]2OC(c1ccccc1)c1ccccc1.Cl.Cl. The van der Waals surface area contributed by atoms with Gasteiger partial charge in [0, 0.05) is 25.0 Å². The highest BCUT2D eigenvalue weighted by Gasteiger charge is 2.46. The summed E-state index contributed by atoms with van der Waals surface area (Å²) in [5, 5.41) is 0. The van der Waals surface area contributed by atoms with Gasteiger partial charge in [0.05, 0.1) is 6.10 Å². The fourth-order valence-corrected chi connectivity index (χ4v) is 5.20. The lowest BCUT2D eigenvalue weighted by molar-refractivity contribution is -0.132. The minimum atomic E-state index is 0. The Hall–Kier alpha value is -1.10.